The van der Waals surface area contributed by atoms with E-state index < -0.39 is 5.97 Å². The highest BCUT2D eigenvalue weighted by Gasteiger charge is 2.33. The third-order valence-corrected chi connectivity index (χ3v) is 5.76. The zero-order valence-electron chi connectivity index (χ0n) is 17.7. The van der Waals surface area contributed by atoms with Crippen molar-refractivity contribution in [2.45, 2.75) is 0 Å². The fourth-order valence-corrected chi connectivity index (χ4v) is 4.24. The van der Waals surface area contributed by atoms with Gasteiger partial charge in [-0.05, 0) is 35.9 Å². The van der Waals surface area contributed by atoms with Crippen LogP contribution >= 0.6 is 11.8 Å². The van der Waals surface area contributed by atoms with Crippen molar-refractivity contribution < 1.29 is 33.6 Å². The number of thioether (sulfide) groups is 1. The number of hydrogen-bond acceptors (Lipinski definition) is 9. The molecule has 0 aromatic heterocycles. The van der Waals surface area contributed by atoms with Gasteiger partial charge in [0.15, 0.2) is 23.0 Å². The first kappa shape index (κ1) is 21.6. The van der Waals surface area contributed by atoms with Crippen LogP contribution in [-0.2, 0) is 9.53 Å². The number of nitrogens with zero attached hydrogens (tertiary/aromatic N) is 1. The minimum atomic E-state index is -0.681. The van der Waals surface area contributed by atoms with Gasteiger partial charge >= 0.3 is 5.97 Å². The second-order valence-electron chi connectivity index (χ2n) is 6.69. The van der Waals surface area contributed by atoms with Gasteiger partial charge in [0.25, 0.3) is 0 Å². The molecule has 0 amide bonds. The van der Waals surface area contributed by atoms with Crippen LogP contribution in [0.2, 0.25) is 0 Å². The summed E-state index contributed by atoms with van der Waals surface area (Å²) in [5, 5.41) is 11.1. The number of carbonyl (C=O) groups excluding carboxylic acids is 1. The summed E-state index contributed by atoms with van der Waals surface area (Å²) in [6, 6.07) is 10.6. The molecule has 8 nitrogen and oxygen atoms in total. The zero-order valence-corrected chi connectivity index (χ0v) is 18.5. The number of carbonyl (C=O) groups is 1. The molecule has 2 aliphatic heterocycles. The first-order valence-corrected chi connectivity index (χ1v) is 10.5. The number of methoxy groups -OCH3 is 3. The third-order valence-electron chi connectivity index (χ3n) is 4.74. The Labute approximate surface area is 189 Å². The maximum absolute atomic E-state index is 12.4. The van der Waals surface area contributed by atoms with Crippen LogP contribution in [0.25, 0.3) is 6.08 Å². The molecular formula is C23H21NO7S. The molecule has 0 radical (unpaired) electrons. The van der Waals surface area contributed by atoms with Crippen LogP contribution in [0.15, 0.2) is 57.6 Å². The fraction of sp³-hybridized carbons (Fsp3) is 0.217. The van der Waals surface area contributed by atoms with Crippen molar-refractivity contribution in [1.82, 2.24) is 0 Å². The lowest BCUT2D eigenvalue weighted by molar-refractivity contribution is -0.135. The molecule has 2 heterocycles. The van der Waals surface area contributed by atoms with Crippen LogP contribution in [0, 0.1) is 0 Å². The molecule has 0 fully saturated rings. The van der Waals surface area contributed by atoms with Gasteiger partial charge < -0.3 is 28.8 Å². The summed E-state index contributed by atoms with van der Waals surface area (Å²) in [5.74, 6) is 1.47. The van der Waals surface area contributed by atoms with Gasteiger partial charge in [-0.3, -0.25) is 0 Å². The summed E-state index contributed by atoms with van der Waals surface area (Å²) in [5.41, 5.74) is 1.30. The lowest BCUT2D eigenvalue weighted by Gasteiger charge is -2.18. The van der Waals surface area contributed by atoms with E-state index in [1.54, 1.807) is 37.5 Å². The molecule has 2 aromatic carbocycles. The molecule has 0 aliphatic carbocycles. The summed E-state index contributed by atoms with van der Waals surface area (Å²) in [4.78, 5) is 17.4. The number of fused-ring (bicyclic) bond motifs is 1. The van der Waals surface area contributed by atoms with Gasteiger partial charge in [-0.25, -0.2) is 9.79 Å². The van der Waals surface area contributed by atoms with Gasteiger partial charge in [0.05, 0.1) is 31.9 Å². The highest BCUT2D eigenvalue weighted by molar-refractivity contribution is 8.18. The van der Waals surface area contributed by atoms with Crippen LogP contribution in [-0.4, -0.2) is 50.7 Å². The van der Waals surface area contributed by atoms with Crippen LogP contribution in [0.5, 0.6) is 23.0 Å². The summed E-state index contributed by atoms with van der Waals surface area (Å²) in [6.45, 7) is 0.979. The van der Waals surface area contributed by atoms with E-state index in [1.165, 1.54) is 14.2 Å². The highest BCUT2D eigenvalue weighted by Crippen LogP contribution is 2.42. The van der Waals surface area contributed by atoms with E-state index in [2.05, 4.69) is 4.99 Å². The molecule has 0 saturated carbocycles. The Morgan fingerprint density at radius 3 is 2.50 bits per heavy atom. The van der Waals surface area contributed by atoms with Gasteiger partial charge in [0.2, 0.25) is 0 Å². The largest absolute Gasteiger partial charge is 0.506 e. The van der Waals surface area contributed by atoms with Crippen molar-refractivity contribution in [1.29, 1.82) is 0 Å². The van der Waals surface area contributed by atoms with Crippen molar-refractivity contribution in [3.8, 4) is 23.0 Å². The van der Waals surface area contributed by atoms with Crippen LogP contribution in [0.4, 0.5) is 5.69 Å². The number of hydrogen-bond donors (Lipinski definition) is 1. The molecule has 32 heavy (non-hydrogen) atoms. The summed E-state index contributed by atoms with van der Waals surface area (Å²) < 4.78 is 26.6. The number of rotatable bonds is 5. The minimum absolute atomic E-state index is 0.00363. The van der Waals surface area contributed by atoms with E-state index in [-0.39, 0.29) is 11.3 Å². The third kappa shape index (κ3) is 4.24. The van der Waals surface area contributed by atoms with Crippen molar-refractivity contribution in [2.75, 3.05) is 34.5 Å². The quantitative estimate of drug-likeness (QED) is 0.668. The molecule has 0 bridgehead atoms. The lowest BCUT2D eigenvalue weighted by Crippen LogP contribution is -2.15. The van der Waals surface area contributed by atoms with Crippen molar-refractivity contribution >= 4 is 34.5 Å². The second-order valence-corrected chi connectivity index (χ2v) is 7.72. The first-order chi connectivity index (χ1) is 15.5. The van der Waals surface area contributed by atoms with Gasteiger partial charge in [0, 0.05) is 6.07 Å². The summed E-state index contributed by atoms with van der Waals surface area (Å²) in [7, 11) is 4.32. The molecule has 166 valence electrons. The Morgan fingerprint density at radius 1 is 1.03 bits per heavy atom. The predicted molar refractivity (Wildman–Crippen MR) is 121 cm³/mol. The molecule has 0 saturated heterocycles. The number of esters is 1. The molecule has 1 N–H and O–H groups in total. The van der Waals surface area contributed by atoms with E-state index in [4.69, 9.17) is 23.7 Å². The Bertz CT molecular complexity index is 1150. The van der Waals surface area contributed by atoms with E-state index in [1.807, 2.05) is 12.1 Å². The average molecular weight is 455 g/mol. The molecule has 9 heteroatoms. The summed E-state index contributed by atoms with van der Waals surface area (Å²) >= 11 is 1.16. The first-order valence-electron chi connectivity index (χ1n) is 9.66. The van der Waals surface area contributed by atoms with Gasteiger partial charge in [0.1, 0.15) is 29.6 Å². The van der Waals surface area contributed by atoms with E-state index in [0.717, 1.165) is 17.3 Å². The summed E-state index contributed by atoms with van der Waals surface area (Å²) in [6.07, 6.45) is 1.75. The maximum Gasteiger partial charge on any atom is 0.344 e. The van der Waals surface area contributed by atoms with Crippen molar-refractivity contribution in [3.05, 3.63) is 58.2 Å². The van der Waals surface area contributed by atoms with Gasteiger partial charge in [-0.1, -0.05) is 17.8 Å². The Kier molecular flexibility index (Phi) is 6.27. The fourth-order valence-electron chi connectivity index (χ4n) is 3.20. The standard InChI is InChI=1S/C23H21NO7S/c1-27-15-7-5-14(12-17(15)28-2)24-22-20(23(26)29-3)21(25)19(32-22)11-13-4-6-16-18(10-13)31-9-8-30-16/h4-7,10-12,25H,8-9H2,1-3H3/b19-11+,24-22?. The normalized spacial score (nSPS) is 17.6. The SMILES string of the molecule is COC(=O)C1=C(O)/C(=C\c2ccc3c(c2)OCCO3)SC1=Nc1ccc(OC)c(OC)c1. The second kappa shape index (κ2) is 9.27. The Morgan fingerprint density at radius 2 is 1.78 bits per heavy atom. The molecule has 4 rings (SSSR count). The van der Waals surface area contributed by atoms with Crippen LogP contribution < -0.4 is 18.9 Å². The average Bonchev–Trinajstić information content (AvgIpc) is 3.12. The highest BCUT2D eigenvalue weighted by atomic mass is 32.2. The zero-order chi connectivity index (χ0) is 22.7. The molecule has 0 spiro atoms. The van der Waals surface area contributed by atoms with Crippen molar-refractivity contribution in [3.63, 3.8) is 0 Å². The molecule has 0 unspecified atom stereocenters. The number of aliphatic imine (C=N–C) groups is 1. The number of aliphatic hydroxyl groups excluding tert-OH is 1. The van der Waals surface area contributed by atoms with Crippen molar-refractivity contribution in [2.24, 2.45) is 4.99 Å². The number of aliphatic hydroxyl groups is 1. The molecule has 2 aromatic rings. The minimum Gasteiger partial charge on any atom is -0.506 e. The lowest BCUT2D eigenvalue weighted by atomic mass is 10.1. The molecule has 0 atom stereocenters. The van der Waals surface area contributed by atoms with Gasteiger partial charge in [-0.2, -0.15) is 0 Å². The predicted octanol–water partition coefficient (Wildman–Crippen LogP) is 4.28. The van der Waals surface area contributed by atoms with E-state index in [0.29, 0.717) is 51.8 Å². The number of ether oxygens (including phenoxy) is 5. The smallest absolute Gasteiger partial charge is 0.344 e. The van der Waals surface area contributed by atoms with E-state index in [9.17, 15) is 9.90 Å². The van der Waals surface area contributed by atoms with E-state index >= 15 is 0 Å². The monoisotopic (exact) mass is 455 g/mol. The topological polar surface area (TPSA) is 95.8 Å². The Hall–Kier alpha value is -3.59. The van der Waals surface area contributed by atoms with Crippen LogP contribution in [0.3, 0.4) is 0 Å². The Balaban J connectivity index is 1.72. The van der Waals surface area contributed by atoms with Gasteiger partial charge in [-0.15, -0.1) is 0 Å². The number of benzene rings is 2. The van der Waals surface area contributed by atoms with Crippen LogP contribution in [0.1, 0.15) is 5.56 Å². The maximum atomic E-state index is 12.4. The molecule has 2 aliphatic rings. The molecular weight excluding hydrogens is 434 g/mol.